The van der Waals surface area contributed by atoms with E-state index < -0.39 is 0 Å². The summed E-state index contributed by atoms with van der Waals surface area (Å²) >= 11 is 1.66. The summed E-state index contributed by atoms with van der Waals surface area (Å²) in [5.74, 6) is 0.142. The number of Topliss-reactive ketones (excluding diaryl/α,β-unsaturated/α-hetero) is 1. The number of thioether (sulfide) groups is 1. The van der Waals surface area contributed by atoms with Crippen LogP contribution in [0, 0.1) is 6.92 Å². The zero-order chi connectivity index (χ0) is 9.14. The molecule has 0 heterocycles. The van der Waals surface area contributed by atoms with Gasteiger partial charge in [-0.15, -0.1) is 11.8 Å². The van der Waals surface area contributed by atoms with Gasteiger partial charge in [0.2, 0.25) is 0 Å². The molecule has 0 saturated carbocycles. The fourth-order valence-corrected chi connectivity index (χ4v) is 1.55. The Labute approximate surface area is 77.2 Å². The predicted molar refractivity (Wildman–Crippen MR) is 53.0 cm³/mol. The smallest absolute Gasteiger partial charge is 0.160 e. The Morgan fingerprint density at radius 1 is 1.42 bits per heavy atom. The van der Waals surface area contributed by atoms with E-state index in [2.05, 4.69) is 0 Å². The van der Waals surface area contributed by atoms with E-state index in [-0.39, 0.29) is 5.78 Å². The molecule has 0 spiro atoms. The van der Waals surface area contributed by atoms with Gasteiger partial charge in [-0.3, -0.25) is 4.79 Å². The van der Waals surface area contributed by atoms with Gasteiger partial charge in [-0.1, -0.05) is 6.07 Å². The fourth-order valence-electron chi connectivity index (χ4n) is 1.11. The van der Waals surface area contributed by atoms with Crippen LogP contribution in [0.4, 0.5) is 0 Å². The SMILES string of the molecule is CSc1ccc(C)c(C(C)=O)c1. The molecule has 2 heteroatoms. The van der Waals surface area contributed by atoms with E-state index in [1.54, 1.807) is 18.7 Å². The minimum Gasteiger partial charge on any atom is -0.295 e. The van der Waals surface area contributed by atoms with Crippen LogP contribution < -0.4 is 0 Å². The van der Waals surface area contributed by atoms with Crippen LogP contribution in [0.3, 0.4) is 0 Å². The van der Waals surface area contributed by atoms with Crippen molar-refractivity contribution in [1.29, 1.82) is 0 Å². The number of rotatable bonds is 2. The summed E-state index contributed by atoms with van der Waals surface area (Å²) in [6.07, 6.45) is 2.01. The van der Waals surface area contributed by atoms with E-state index in [1.165, 1.54) is 0 Å². The Bertz CT molecular complexity index is 305. The van der Waals surface area contributed by atoms with Gasteiger partial charge in [0.05, 0.1) is 0 Å². The highest BCUT2D eigenvalue weighted by Gasteiger charge is 2.03. The van der Waals surface area contributed by atoms with Crippen LogP contribution in [-0.2, 0) is 0 Å². The molecule has 0 bridgehead atoms. The van der Waals surface area contributed by atoms with Crippen molar-refractivity contribution in [3.8, 4) is 0 Å². The van der Waals surface area contributed by atoms with Crippen LogP contribution in [0.15, 0.2) is 23.1 Å². The van der Waals surface area contributed by atoms with Gasteiger partial charge in [-0.25, -0.2) is 0 Å². The third kappa shape index (κ3) is 1.89. The van der Waals surface area contributed by atoms with Gasteiger partial charge in [0.15, 0.2) is 5.78 Å². The third-order valence-electron chi connectivity index (χ3n) is 1.82. The Hall–Kier alpha value is -0.760. The third-order valence-corrected chi connectivity index (χ3v) is 2.55. The van der Waals surface area contributed by atoms with Gasteiger partial charge >= 0.3 is 0 Å². The molecule has 1 nitrogen and oxygen atoms in total. The maximum absolute atomic E-state index is 11.1. The molecule has 1 aromatic carbocycles. The molecule has 0 saturated heterocycles. The predicted octanol–water partition coefficient (Wildman–Crippen LogP) is 2.92. The molecule has 0 unspecified atom stereocenters. The van der Waals surface area contributed by atoms with Gasteiger partial charge in [-0.2, -0.15) is 0 Å². The van der Waals surface area contributed by atoms with Crippen molar-refractivity contribution < 1.29 is 4.79 Å². The lowest BCUT2D eigenvalue weighted by Gasteiger charge is -2.03. The Balaban J connectivity index is 3.17. The van der Waals surface area contributed by atoms with Gasteiger partial charge in [0, 0.05) is 10.5 Å². The highest BCUT2D eigenvalue weighted by Crippen LogP contribution is 2.19. The van der Waals surface area contributed by atoms with Crippen LogP contribution in [0.25, 0.3) is 0 Å². The second kappa shape index (κ2) is 3.76. The van der Waals surface area contributed by atoms with Gasteiger partial charge < -0.3 is 0 Å². The normalized spacial score (nSPS) is 9.92. The second-order valence-corrected chi connectivity index (χ2v) is 3.62. The van der Waals surface area contributed by atoms with Crippen LogP contribution >= 0.6 is 11.8 Å². The summed E-state index contributed by atoms with van der Waals surface area (Å²) in [4.78, 5) is 12.3. The monoisotopic (exact) mass is 180 g/mol. The summed E-state index contributed by atoms with van der Waals surface area (Å²) in [6.45, 7) is 3.56. The van der Waals surface area contributed by atoms with Crippen molar-refractivity contribution in [3.63, 3.8) is 0 Å². The summed E-state index contributed by atoms with van der Waals surface area (Å²) in [5.41, 5.74) is 1.89. The molecule has 0 N–H and O–H groups in total. The molecule has 12 heavy (non-hydrogen) atoms. The maximum atomic E-state index is 11.1. The van der Waals surface area contributed by atoms with Gasteiger partial charge in [-0.05, 0) is 37.8 Å². The summed E-state index contributed by atoms with van der Waals surface area (Å²) in [6, 6.07) is 5.97. The Kier molecular flexibility index (Phi) is 2.93. The lowest BCUT2D eigenvalue weighted by atomic mass is 10.1. The van der Waals surface area contributed by atoms with Crippen molar-refractivity contribution in [1.82, 2.24) is 0 Å². The molecule has 0 fully saturated rings. The molecule has 0 aliphatic heterocycles. The first-order chi connectivity index (χ1) is 5.65. The fraction of sp³-hybridized carbons (Fsp3) is 0.300. The first-order valence-corrected chi connectivity index (χ1v) is 5.03. The Morgan fingerprint density at radius 3 is 2.58 bits per heavy atom. The number of hydrogen-bond donors (Lipinski definition) is 0. The summed E-state index contributed by atoms with van der Waals surface area (Å²) < 4.78 is 0. The van der Waals surface area contributed by atoms with Crippen molar-refractivity contribution in [2.24, 2.45) is 0 Å². The van der Waals surface area contributed by atoms with E-state index in [9.17, 15) is 4.79 Å². The molecule has 0 aliphatic carbocycles. The molecule has 0 radical (unpaired) electrons. The minimum absolute atomic E-state index is 0.142. The molecular formula is C10H12OS. The standard InChI is InChI=1S/C10H12OS/c1-7-4-5-9(12-3)6-10(7)8(2)11/h4-6H,1-3H3. The molecule has 1 aromatic rings. The van der Waals surface area contributed by atoms with Crippen LogP contribution in [0.2, 0.25) is 0 Å². The number of carbonyl (C=O) groups is 1. The number of ketones is 1. The molecule has 0 aliphatic rings. The zero-order valence-electron chi connectivity index (χ0n) is 7.55. The van der Waals surface area contributed by atoms with Crippen molar-refractivity contribution in [2.45, 2.75) is 18.7 Å². The van der Waals surface area contributed by atoms with Crippen LogP contribution in [0.1, 0.15) is 22.8 Å². The van der Waals surface area contributed by atoms with E-state index in [0.717, 1.165) is 16.0 Å². The Morgan fingerprint density at radius 2 is 2.08 bits per heavy atom. The molecule has 0 aromatic heterocycles. The second-order valence-electron chi connectivity index (χ2n) is 2.74. The van der Waals surface area contributed by atoms with E-state index in [0.29, 0.717) is 0 Å². The number of carbonyl (C=O) groups excluding carboxylic acids is 1. The lowest BCUT2D eigenvalue weighted by molar-refractivity contribution is 0.101. The quantitative estimate of drug-likeness (QED) is 0.514. The minimum atomic E-state index is 0.142. The van der Waals surface area contributed by atoms with Crippen molar-refractivity contribution in [3.05, 3.63) is 29.3 Å². The molecule has 0 atom stereocenters. The summed E-state index contributed by atoms with van der Waals surface area (Å²) in [7, 11) is 0. The van der Waals surface area contributed by atoms with Gasteiger partial charge in [0.1, 0.15) is 0 Å². The maximum Gasteiger partial charge on any atom is 0.160 e. The molecule has 64 valence electrons. The average Bonchev–Trinajstić information content (AvgIpc) is 2.05. The highest BCUT2D eigenvalue weighted by molar-refractivity contribution is 7.98. The van der Waals surface area contributed by atoms with E-state index >= 15 is 0 Å². The van der Waals surface area contributed by atoms with Crippen molar-refractivity contribution >= 4 is 17.5 Å². The molecule has 1 rings (SSSR count). The van der Waals surface area contributed by atoms with E-state index in [4.69, 9.17) is 0 Å². The number of aryl methyl sites for hydroxylation is 1. The van der Waals surface area contributed by atoms with Crippen LogP contribution in [-0.4, -0.2) is 12.0 Å². The highest BCUT2D eigenvalue weighted by atomic mass is 32.2. The van der Waals surface area contributed by atoms with Crippen LogP contribution in [0.5, 0.6) is 0 Å². The number of benzene rings is 1. The average molecular weight is 180 g/mol. The van der Waals surface area contributed by atoms with Crippen molar-refractivity contribution in [2.75, 3.05) is 6.26 Å². The first-order valence-electron chi connectivity index (χ1n) is 3.80. The number of hydrogen-bond acceptors (Lipinski definition) is 2. The molecular weight excluding hydrogens is 168 g/mol. The largest absolute Gasteiger partial charge is 0.295 e. The lowest BCUT2D eigenvalue weighted by Crippen LogP contribution is -1.95. The topological polar surface area (TPSA) is 17.1 Å². The summed E-state index contributed by atoms with van der Waals surface area (Å²) in [5, 5.41) is 0. The van der Waals surface area contributed by atoms with E-state index in [1.807, 2.05) is 31.4 Å². The van der Waals surface area contributed by atoms with Gasteiger partial charge in [0.25, 0.3) is 0 Å². The molecule has 0 amide bonds. The first kappa shape index (κ1) is 9.33. The zero-order valence-corrected chi connectivity index (χ0v) is 8.37.